The molecular weight excluding hydrogens is 400 g/mol. The smallest absolute Gasteiger partial charge is 0.229 e. The molecule has 0 aliphatic heterocycles. The summed E-state index contributed by atoms with van der Waals surface area (Å²) in [6.45, 7) is 2.50. The van der Waals surface area contributed by atoms with E-state index in [0.29, 0.717) is 12.3 Å². The van der Waals surface area contributed by atoms with Crippen molar-refractivity contribution in [1.82, 2.24) is 15.5 Å². The van der Waals surface area contributed by atoms with Crippen molar-refractivity contribution in [3.8, 4) is 5.75 Å². The van der Waals surface area contributed by atoms with Gasteiger partial charge in [0.2, 0.25) is 11.0 Å². The fraction of sp³-hybridized carbons (Fsp3) is 0.381. The van der Waals surface area contributed by atoms with Gasteiger partial charge >= 0.3 is 0 Å². The van der Waals surface area contributed by atoms with E-state index >= 15 is 0 Å². The number of benzene rings is 1. The summed E-state index contributed by atoms with van der Waals surface area (Å²) in [5.41, 5.74) is 13.5. The third kappa shape index (κ3) is 8.52. The molecule has 1 aromatic carbocycles. The zero-order valence-electron chi connectivity index (χ0n) is 17.5. The predicted molar refractivity (Wildman–Crippen MR) is 121 cm³/mol. The quantitative estimate of drug-likeness (QED) is 0.301. The molecule has 0 saturated carbocycles. The number of carbonyl (C=O) groups excluding carboxylic acids is 1. The zero-order chi connectivity index (χ0) is 21.8. The maximum atomic E-state index is 12.2. The van der Waals surface area contributed by atoms with Crippen LogP contribution in [0.15, 0.2) is 47.9 Å². The van der Waals surface area contributed by atoms with Crippen molar-refractivity contribution < 1.29 is 9.53 Å². The molecule has 0 saturated heterocycles. The molecule has 8 nitrogen and oxygen atoms in total. The summed E-state index contributed by atoms with van der Waals surface area (Å²) in [4.78, 5) is 12.2. The largest absolute Gasteiger partial charge is 0.494 e. The van der Waals surface area contributed by atoms with Crippen LogP contribution >= 0.6 is 11.3 Å². The molecule has 0 unspecified atom stereocenters. The topological polar surface area (TPSA) is 128 Å². The number of aromatic nitrogens is 2. The fourth-order valence-corrected chi connectivity index (χ4v) is 3.42. The van der Waals surface area contributed by atoms with Crippen LogP contribution in [0.3, 0.4) is 0 Å². The molecule has 162 valence electrons. The van der Waals surface area contributed by atoms with Crippen molar-refractivity contribution in [2.45, 2.75) is 39.0 Å². The van der Waals surface area contributed by atoms with Gasteiger partial charge in [0.25, 0.3) is 0 Å². The third-order valence-corrected chi connectivity index (χ3v) is 5.12. The van der Waals surface area contributed by atoms with Gasteiger partial charge < -0.3 is 26.8 Å². The summed E-state index contributed by atoms with van der Waals surface area (Å²) < 4.78 is 5.45. The number of carbonyl (C=O) groups is 1. The molecular formula is C21H30N6O2S. The Morgan fingerprint density at radius 2 is 2.07 bits per heavy atom. The average Bonchev–Trinajstić information content (AvgIpc) is 3.18. The Balaban J connectivity index is 1.72. The number of anilines is 1. The highest BCUT2D eigenvalue weighted by Gasteiger charge is 2.05. The van der Waals surface area contributed by atoms with E-state index in [4.69, 9.17) is 16.2 Å². The molecule has 30 heavy (non-hydrogen) atoms. The number of aryl methyl sites for hydroxylation is 1. The first-order valence-electron chi connectivity index (χ1n) is 9.93. The highest BCUT2D eigenvalue weighted by atomic mass is 32.1. The van der Waals surface area contributed by atoms with Crippen molar-refractivity contribution in [3.63, 3.8) is 0 Å². The van der Waals surface area contributed by atoms with E-state index in [9.17, 15) is 4.79 Å². The summed E-state index contributed by atoms with van der Waals surface area (Å²) >= 11 is 1.56. The number of nitrogens with zero attached hydrogens (tertiary/aromatic N) is 2. The third-order valence-electron chi connectivity index (χ3n) is 4.12. The van der Waals surface area contributed by atoms with E-state index in [2.05, 4.69) is 20.8 Å². The summed E-state index contributed by atoms with van der Waals surface area (Å²) in [6, 6.07) is 7.45. The molecule has 0 fully saturated rings. The highest BCUT2D eigenvalue weighted by Crippen LogP contribution is 2.17. The monoisotopic (exact) mass is 430 g/mol. The number of hydrogen-bond acceptors (Lipinski definition) is 8. The second-order valence-electron chi connectivity index (χ2n) is 6.63. The number of rotatable bonds is 12. The highest BCUT2D eigenvalue weighted by molar-refractivity contribution is 7.15. The second-order valence-corrected chi connectivity index (χ2v) is 7.69. The SMILES string of the molecule is CCOc1cccc(CC(=O)N/C(N)=C/C=C(\N)CCCCc2nnc(NC)s2)c1. The van der Waals surface area contributed by atoms with Gasteiger partial charge in [-0.05, 0) is 56.0 Å². The maximum Gasteiger partial charge on any atom is 0.229 e. The van der Waals surface area contributed by atoms with Crippen LogP contribution in [-0.4, -0.2) is 29.8 Å². The predicted octanol–water partition coefficient (Wildman–Crippen LogP) is 2.69. The van der Waals surface area contributed by atoms with Gasteiger partial charge in [0, 0.05) is 19.2 Å². The summed E-state index contributed by atoms with van der Waals surface area (Å²) in [5.74, 6) is 0.815. The minimum absolute atomic E-state index is 0.192. The van der Waals surface area contributed by atoms with E-state index < -0.39 is 0 Å². The van der Waals surface area contributed by atoms with E-state index in [1.807, 2.05) is 38.2 Å². The molecule has 0 bridgehead atoms. The maximum absolute atomic E-state index is 12.2. The van der Waals surface area contributed by atoms with Crippen LogP contribution < -0.4 is 26.8 Å². The number of ether oxygens (including phenoxy) is 1. The first-order chi connectivity index (χ1) is 14.5. The molecule has 9 heteroatoms. The molecule has 2 rings (SSSR count). The van der Waals surface area contributed by atoms with Crippen LogP contribution in [0.4, 0.5) is 5.13 Å². The molecule has 0 aliphatic rings. The van der Waals surface area contributed by atoms with Crippen LogP contribution in [0.1, 0.15) is 36.8 Å². The molecule has 1 heterocycles. The first kappa shape index (κ1) is 23.2. The number of amides is 1. The van der Waals surface area contributed by atoms with Gasteiger partial charge in [-0.15, -0.1) is 10.2 Å². The van der Waals surface area contributed by atoms with Crippen molar-refractivity contribution in [2.24, 2.45) is 11.5 Å². The van der Waals surface area contributed by atoms with Crippen LogP contribution in [0, 0.1) is 0 Å². The van der Waals surface area contributed by atoms with Gasteiger partial charge in [0.15, 0.2) is 0 Å². The molecule has 1 amide bonds. The first-order valence-corrected chi connectivity index (χ1v) is 10.7. The molecule has 0 radical (unpaired) electrons. The molecule has 0 atom stereocenters. The lowest BCUT2D eigenvalue weighted by Crippen LogP contribution is -2.28. The van der Waals surface area contributed by atoms with Crippen molar-refractivity contribution in [1.29, 1.82) is 0 Å². The van der Waals surface area contributed by atoms with Gasteiger partial charge in [-0.3, -0.25) is 4.79 Å². The van der Waals surface area contributed by atoms with Crippen LogP contribution in [-0.2, 0) is 17.6 Å². The number of unbranched alkanes of at least 4 members (excludes halogenated alkanes) is 1. The van der Waals surface area contributed by atoms with Gasteiger partial charge in [-0.1, -0.05) is 23.5 Å². The summed E-state index contributed by atoms with van der Waals surface area (Å²) in [6.07, 6.45) is 7.11. The Hall–Kier alpha value is -3.07. The van der Waals surface area contributed by atoms with E-state index in [0.717, 1.165) is 47.1 Å². The lowest BCUT2D eigenvalue weighted by molar-refractivity contribution is -0.119. The summed E-state index contributed by atoms with van der Waals surface area (Å²) in [5, 5.41) is 15.6. The summed E-state index contributed by atoms with van der Waals surface area (Å²) in [7, 11) is 1.83. The minimum atomic E-state index is -0.192. The minimum Gasteiger partial charge on any atom is -0.494 e. The Morgan fingerprint density at radius 3 is 2.80 bits per heavy atom. The Kier molecular flexibility index (Phi) is 9.66. The molecule has 0 spiro atoms. The van der Waals surface area contributed by atoms with Crippen LogP contribution in [0.25, 0.3) is 0 Å². The lowest BCUT2D eigenvalue weighted by Gasteiger charge is -2.07. The van der Waals surface area contributed by atoms with E-state index in [-0.39, 0.29) is 18.1 Å². The number of allylic oxidation sites excluding steroid dienone is 3. The van der Waals surface area contributed by atoms with Gasteiger partial charge in [-0.25, -0.2) is 0 Å². The Labute approximate surface area is 181 Å². The normalized spacial score (nSPS) is 11.9. The number of nitrogens with two attached hydrogens (primary N) is 2. The average molecular weight is 431 g/mol. The van der Waals surface area contributed by atoms with Crippen molar-refractivity contribution in [2.75, 3.05) is 19.0 Å². The van der Waals surface area contributed by atoms with Gasteiger partial charge in [0.05, 0.1) is 13.0 Å². The van der Waals surface area contributed by atoms with Crippen molar-refractivity contribution >= 4 is 22.4 Å². The van der Waals surface area contributed by atoms with Crippen LogP contribution in [0.2, 0.25) is 0 Å². The Bertz CT molecular complexity index is 878. The number of hydrogen-bond donors (Lipinski definition) is 4. The standard InChI is InChI=1S/C21H30N6O2S/c1-3-29-17-9-6-7-15(13-17)14-19(28)25-18(23)12-11-16(22)8-4-5-10-20-26-27-21(24-2)30-20/h6-7,9,11-13H,3-5,8,10,14,22-23H2,1-2H3,(H,24,27)(H,25,28)/b16-11-,18-12+. The second kappa shape index (κ2) is 12.5. The molecule has 1 aromatic heterocycles. The molecule has 2 aromatic rings. The van der Waals surface area contributed by atoms with Gasteiger partial charge in [0.1, 0.15) is 16.6 Å². The zero-order valence-corrected chi connectivity index (χ0v) is 18.3. The molecule has 0 aliphatic carbocycles. The van der Waals surface area contributed by atoms with E-state index in [1.54, 1.807) is 23.5 Å². The number of nitrogens with one attached hydrogen (secondary N) is 2. The lowest BCUT2D eigenvalue weighted by atomic mass is 10.1. The van der Waals surface area contributed by atoms with E-state index in [1.165, 1.54) is 0 Å². The van der Waals surface area contributed by atoms with Crippen molar-refractivity contribution in [3.05, 3.63) is 58.5 Å². The fourth-order valence-electron chi connectivity index (χ4n) is 2.69. The molecule has 6 N–H and O–H groups in total. The van der Waals surface area contributed by atoms with Gasteiger partial charge in [-0.2, -0.15) is 0 Å². The Morgan fingerprint density at radius 1 is 1.23 bits per heavy atom. The van der Waals surface area contributed by atoms with Crippen LogP contribution in [0.5, 0.6) is 5.75 Å².